The van der Waals surface area contributed by atoms with Gasteiger partial charge >= 0.3 is 0 Å². The molecule has 0 fully saturated rings. The maximum absolute atomic E-state index is 5.69. The number of aromatic nitrogens is 1. The fourth-order valence-corrected chi connectivity index (χ4v) is 2.44. The van der Waals surface area contributed by atoms with E-state index in [-0.39, 0.29) is 11.0 Å². The van der Waals surface area contributed by atoms with Crippen molar-refractivity contribution in [3.8, 4) is 0 Å². The number of thiazole rings is 1. The van der Waals surface area contributed by atoms with Crippen molar-refractivity contribution in [1.29, 1.82) is 0 Å². The van der Waals surface area contributed by atoms with E-state index < -0.39 is 0 Å². The molecule has 0 saturated heterocycles. The highest BCUT2D eigenvalue weighted by Gasteiger charge is 2.27. The van der Waals surface area contributed by atoms with Gasteiger partial charge < -0.3 is 4.74 Å². The standard InChI is InChI=1S/C12H21NOS/c1-7-14-12(5,6)10-13-9(8-15-10)11(2,3)4/h8H,7H2,1-6H3. The Kier molecular flexibility index (Phi) is 3.56. The fraction of sp³-hybridized carbons (Fsp3) is 0.750. The van der Waals surface area contributed by atoms with Crippen LogP contribution < -0.4 is 0 Å². The van der Waals surface area contributed by atoms with E-state index in [1.54, 1.807) is 11.3 Å². The number of rotatable bonds is 3. The van der Waals surface area contributed by atoms with Crippen LogP contribution in [0.1, 0.15) is 52.2 Å². The minimum Gasteiger partial charge on any atom is -0.369 e. The lowest BCUT2D eigenvalue weighted by atomic mass is 9.93. The van der Waals surface area contributed by atoms with Gasteiger partial charge in [-0.15, -0.1) is 11.3 Å². The molecule has 15 heavy (non-hydrogen) atoms. The molecule has 0 aliphatic carbocycles. The molecule has 0 aliphatic rings. The van der Waals surface area contributed by atoms with Gasteiger partial charge in [0, 0.05) is 17.4 Å². The summed E-state index contributed by atoms with van der Waals surface area (Å²) in [6.45, 7) is 13.4. The fourth-order valence-electron chi connectivity index (χ4n) is 1.32. The van der Waals surface area contributed by atoms with Crippen LogP contribution in [0.2, 0.25) is 0 Å². The molecule has 0 N–H and O–H groups in total. The molecule has 3 heteroatoms. The molecule has 0 bridgehead atoms. The van der Waals surface area contributed by atoms with Gasteiger partial charge in [0.05, 0.1) is 5.69 Å². The molecule has 0 saturated carbocycles. The zero-order valence-corrected chi connectivity index (χ0v) is 11.4. The van der Waals surface area contributed by atoms with E-state index in [4.69, 9.17) is 4.74 Å². The van der Waals surface area contributed by atoms with Crippen molar-refractivity contribution >= 4 is 11.3 Å². The maximum atomic E-state index is 5.69. The number of nitrogens with zero attached hydrogens (tertiary/aromatic N) is 1. The Morgan fingerprint density at radius 3 is 2.27 bits per heavy atom. The highest BCUT2D eigenvalue weighted by Crippen LogP contribution is 2.31. The van der Waals surface area contributed by atoms with Gasteiger partial charge in [0.15, 0.2) is 0 Å². The number of ether oxygens (including phenoxy) is 1. The first-order valence-corrected chi connectivity index (χ1v) is 6.26. The van der Waals surface area contributed by atoms with Gasteiger partial charge in [-0.25, -0.2) is 4.98 Å². The Bertz CT molecular complexity index is 323. The molecule has 0 atom stereocenters. The van der Waals surface area contributed by atoms with Gasteiger partial charge in [-0.05, 0) is 20.8 Å². The Labute approximate surface area is 96.7 Å². The summed E-state index contributed by atoms with van der Waals surface area (Å²) in [5.74, 6) is 0. The van der Waals surface area contributed by atoms with Gasteiger partial charge in [0.1, 0.15) is 10.6 Å². The van der Waals surface area contributed by atoms with Crippen LogP contribution in [0.4, 0.5) is 0 Å². The summed E-state index contributed by atoms with van der Waals surface area (Å²) in [6.07, 6.45) is 0. The van der Waals surface area contributed by atoms with Gasteiger partial charge in [-0.1, -0.05) is 20.8 Å². The summed E-state index contributed by atoms with van der Waals surface area (Å²) in [5.41, 5.74) is 1.01. The van der Waals surface area contributed by atoms with Crippen molar-refractivity contribution in [3.63, 3.8) is 0 Å². The zero-order valence-electron chi connectivity index (χ0n) is 10.5. The van der Waals surface area contributed by atoms with Crippen LogP contribution in [0, 0.1) is 0 Å². The lowest BCUT2D eigenvalue weighted by molar-refractivity contribution is -0.0143. The minimum atomic E-state index is -0.261. The monoisotopic (exact) mass is 227 g/mol. The first-order valence-electron chi connectivity index (χ1n) is 5.38. The molecule has 0 aromatic carbocycles. The third kappa shape index (κ3) is 3.02. The summed E-state index contributed by atoms with van der Waals surface area (Å²) in [5, 5.41) is 3.20. The molecule has 1 aromatic rings. The van der Waals surface area contributed by atoms with E-state index in [0.29, 0.717) is 0 Å². The summed E-state index contributed by atoms with van der Waals surface area (Å²) in [7, 11) is 0. The van der Waals surface area contributed by atoms with Crippen LogP contribution in [0.15, 0.2) is 5.38 Å². The maximum Gasteiger partial charge on any atom is 0.124 e. The third-order valence-corrected chi connectivity index (χ3v) is 3.44. The van der Waals surface area contributed by atoms with Gasteiger partial charge in [0.2, 0.25) is 0 Å². The largest absolute Gasteiger partial charge is 0.369 e. The van der Waals surface area contributed by atoms with Crippen molar-refractivity contribution in [1.82, 2.24) is 4.98 Å². The van der Waals surface area contributed by atoms with Crippen LogP contribution in [0.25, 0.3) is 0 Å². The van der Waals surface area contributed by atoms with Crippen LogP contribution in [0.5, 0.6) is 0 Å². The summed E-state index contributed by atoms with van der Waals surface area (Å²) in [4.78, 5) is 4.67. The molecular weight excluding hydrogens is 206 g/mol. The Hall–Kier alpha value is -0.410. The predicted molar refractivity (Wildman–Crippen MR) is 65.5 cm³/mol. The van der Waals surface area contributed by atoms with Crippen LogP contribution in [-0.4, -0.2) is 11.6 Å². The molecule has 1 rings (SSSR count). The van der Waals surface area contributed by atoms with Crippen LogP contribution >= 0.6 is 11.3 Å². The van der Waals surface area contributed by atoms with Gasteiger partial charge in [0.25, 0.3) is 0 Å². The van der Waals surface area contributed by atoms with E-state index in [1.165, 1.54) is 0 Å². The molecule has 1 aromatic heterocycles. The first-order chi connectivity index (χ1) is 6.77. The molecule has 0 spiro atoms. The Morgan fingerprint density at radius 1 is 1.27 bits per heavy atom. The third-order valence-electron chi connectivity index (χ3n) is 2.29. The zero-order chi connectivity index (χ0) is 11.7. The highest BCUT2D eigenvalue weighted by atomic mass is 32.1. The summed E-state index contributed by atoms with van der Waals surface area (Å²) in [6, 6.07) is 0. The molecule has 0 radical (unpaired) electrons. The predicted octanol–water partition coefficient (Wildman–Crippen LogP) is 3.71. The molecule has 2 nitrogen and oxygen atoms in total. The van der Waals surface area contributed by atoms with Crippen molar-refractivity contribution in [3.05, 3.63) is 16.1 Å². The number of hydrogen-bond donors (Lipinski definition) is 0. The molecule has 0 amide bonds. The minimum absolute atomic E-state index is 0.122. The number of hydrogen-bond acceptors (Lipinski definition) is 3. The molecule has 0 aliphatic heterocycles. The Balaban J connectivity index is 2.94. The average Bonchev–Trinajstić information content (AvgIpc) is 2.50. The molecule has 1 heterocycles. The first kappa shape index (κ1) is 12.7. The van der Waals surface area contributed by atoms with E-state index in [2.05, 4.69) is 45.0 Å². The van der Waals surface area contributed by atoms with E-state index in [9.17, 15) is 0 Å². The van der Waals surface area contributed by atoms with Gasteiger partial charge in [-0.2, -0.15) is 0 Å². The topological polar surface area (TPSA) is 22.1 Å². The van der Waals surface area contributed by atoms with Crippen molar-refractivity contribution in [2.24, 2.45) is 0 Å². The lowest BCUT2D eigenvalue weighted by Crippen LogP contribution is -2.22. The normalized spacial score (nSPS) is 13.2. The van der Waals surface area contributed by atoms with Crippen LogP contribution in [0.3, 0.4) is 0 Å². The van der Waals surface area contributed by atoms with Crippen molar-refractivity contribution in [2.75, 3.05) is 6.61 Å². The van der Waals surface area contributed by atoms with Crippen molar-refractivity contribution in [2.45, 2.75) is 52.6 Å². The Morgan fingerprint density at radius 2 is 1.87 bits per heavy atom. The second-order valence-electron chi connectivity index (χ2n) is 5.23. The average molecular weight is 227 g/mol. The van der Waals surface area contributed by atoms with E-state index in [1.807, 2.05) is 6.92 Å². The van der Waals surface area contributed by atoms with E-state index in [0.717, 1.165) is 17.3 Å². The molecule has 0 unspecified atom stereocenters. The van der Waals surface area contributed by atoms with Crippen LogP contribution in [-0.2, 0) is 15.8 Å². The second kappa shape index (κ2) is 4.22. The quantitative estimate of drug-likeness (QED) is 0.785. The SMILES string of the molecule is CCOC(C)(C)c1nc(C(C)(C)C)cs1. The molecular formula is C12H21NOS. The van der Waals surface area contributed by atoms with E-state index >= 15 is 0 Å². The summed E-state index contributed by atoms with van der Waals surface area (Å²) >= 11 is 1.69. The van der Waals surface area contributed by atoms with Crippen molar-refractivity contribution < 1.29 is 4.74 Å². The lowest BCUT2D eigenvalue weighted by Gasteiger charge is -2.22. The van der Waals surface area contributed by atoms with Gasteiger partial charge in [-0.3, -0.25) is 0 Å². The highest BCUT2D eigenvalue weighted by molar-refractivity contribution is 7.09. The summed E-state index contributed by atoms with van der Waals surface area (Å²) < 4.78 is 5.69. The smallest absolute Gasteiger partial charge is 0.124 e. The second-order valence-corrected chi connectivity index (χ2v) is 6.09. The molecule has 86 valence electrons.